The van der Waals surface area contributed by atoms with E-state index in [2.05, 4.69) is 55.6 Å². The van der Waals surface area contributed by atoms with Crippen LogP contribution in [0.25, 0.3) is 6.08 Å². The summed E-state index contributed by atoms with van der Waals surface area (Å²) in [4.78, 5) is 0. The van der Waals surface area contributed by atoms with E-state index in [1.54, 1.807) is 0 Å². The smallest absolute Gasteiger partial charge is 0.119 e. The minimum absolute atomic E-state index is 0.532. The van der Waals surface area contributed by atoms with E-state index in [9.17, 15) is 0 Å². The summed E-state index contributed by atoms with van der Waals surface area (Å²) < 4.78 is 5.60. The summed E-state index contributed by atoms with van der Waals surface area (Å²) >= 11 is 0. The van der Waals surface area contributed by atoms with E-state index in [0.29, 0.717) is 6.04 Å². The van der Waals surface area contributed by atoms with Gasteiger partial charge in [0.25, 0.3) is 0 Å². The molecule has 20 heavy (non-hydrogen) atoms. The highest BCUT2D eigenvalue weighted by molar-refractivity contribution is 5.51. The number of nitrogens with one attached hydrogen (secondary N) is 1. The lowest BCUT2D eigenvalue weighted by atomic mass is 9.90. The molecule has 0 spiro atoms. The van der Waals surface area contributed by atoms with Crippen molar-refractivity contribution in [2.24, 2.45) is 5.92 Å². The molecule has 1 fully saturated rings. The fourth-order valence-corrected chi connectivity index (χ4v) is 2.67. The molecule has 2 nitrogen and oxygen atoms in total. The van der Waals surface area contributed by atoms with E-state index in [1.807, 2.05) is 0 Å². The molecule has 2 unspecified atom stereocenters. The minimum Gasteiger partial charge on any atom is -0.494 e. The van der Waals surface area contributed by atoms with Crippen LogP contribution in [0.5, 0.6) is 5.75 Å². The molecule has 1 N–H and O–H groups in total. The Morgan fingerprint density at radius 1 is 1.25 bits per heavy atom. The van der Waals surface area contributed by atoms with Gasteiger partial charge < -0.3 is 10.1 Å². The number of benzene rings is 1. The fourth-order valence-electron chi connectivity index (χ4n) is 2.67. The summed E-state index contributed by atoms with van der Waals surface area (Å²) in [6.07, 6.45) is 9.47. The Morgan fingerprint density at radius 3 is 2.75 bits per heavy atom. The molecular formula is C18H27NO. The average Bonchev–Trinajstić information content (AvgIpc) is 2.52. The molecule has 0 bridgehead atoms. The van der Waals surface area contributed by atoms with Crippen LogP contribution in [0.3, 0.4) is 0 Å². The zero-order valence-corrected chi connectivity index (χ0v) is 12.8. The molecule has 1 aromatic carbocycles. The standard InChI is InChI=1S/C18H27NO/c1-3-13-20-18-9-6-16(7-10-18)5-8-17-14-15(4-2)11-12-19-17/h5-10,15,17,19H,3-4,11-14H2,1-2H3/b8-5+. The topological polar surface area (TPSA) is 21.3 Å². The van der Waals surface area contributed by atoms with Gasteiger partial charge in [-0.05, 0) is 49.4 Å². The first kappa shape index (κ1) is 15.1. The highest BCUT2D eigenvalue weighted by atomic mass is 16.5. The molecule has 1 saturated heterocycles. The van der Waals surface area contributed by atoms with Crippen molar-refractivity contribution in [1.29, 1.82) is 0 Å². The van der Waals surface area contributed by atoms with Crippen LogP contribution in [0.4, 0.5) is 0 Å². The van der Waals surface area contributed by atoms with E-state index < -0.39 is 0 Å². The molecule has 0 aromatic heterocycles. The maximum Gasteiger partial charge on any atom is 0.119 e. The van der Waals surface area contributed by atoms with Crippen LogP contribution in [-0.4, -0.2) is 19.2 Å². The van der Waals surface area contributed by atoms with E-state index >= 15 is 0 Å². The molecule has 2 atom stereocenters. The summed E-state index contributed by atoms with van der Waals surface area (Å²) in [5, 5.41) is 3.58. The molecule has 2 rings (SSSR count). The zero-order chi connectivity index (χ0) is 14.2. The highest BCUT2D eigenvalue weighted by Gasteiger charge is 2.17. The van der Waals surface area contributed by atoms with Crippen molar-refractivity contribution < 1.29 is 4.74 Å². The first-order valence-electron chi connectivity index (χ1n) is 7.96. The summed E-state index contributed by atoms with van der Waals surface area (Å²) in [5.41, 5.74) is 1.24. The van der Waals surface area contributed by atoms with Crippen LogP contribution < -0.4 is 10.1 Å². The van der Waals surface area contributed by atoms with Crippen LogP contribution in [0.15, 0.2) is 30.3 Å². The molecule has 110 valence electrons. The van der Waals surface area contributed by atoms with Crippen molar-refractivity contribution in [3.8, 4) is 5.75 Å². The van der Waals surface area contributed by atoms with Crippen molar-refractivity contribution in [3.05, 3.63) is 35.9 Å². The molecule has 0 amide bonds. The molecule has 1 heterocycles. The van der Waals surface area contributed by atoms with Gasteiger partial charge >= 0.3 is 0 Å². The quantitative estimate of drug-likeness (QED) is 0.836. The van der Waals surface area contributed by atoms with Gasteiger partial charge in [0.05, 0.1) is 6.61 Å². The second-order valence-corrected chi connectivity index (χ2v) is 5.64. The van der Waals surface area contributed by atoms with E-state index in [0.717, 1.165) is 31.2 Å². The first-order valence-corrected chi connectivity index (χ1v) is 7.96. The van der Waals surface area contributed by atoms with Crippen molar-refractivity contribution in [3.63, 3.8) is 0 Å². The molecule has 2 heteroatoms. The number of rotatable bonds is 6. The molecule has 0 saturated carbocycles. The third-order valence-electron chi connectivity index (χ3n) is 4.00. The van der Waals surface area contributed by atoms with Gasteiger partial charge in [-0.1, -0.05) is 44.6 Å². The Hall–Kier alpha value is -1.28. The van der Waals surface area contributed by atoms with Crippen LogP contribution in [0.1, 0.15) is 45.1 Å². The predicted octanol–water partition coefficient (Wildman–Crippen LogP) is 4.27. The Balaban J connectivity index is 1.87. The second kappa shape index (κ2) is 8.11. The van der Waals surface area contributed by atoms with Gasteiger partial charge in [0.2, 0.25) is 0 Å². The average molecular weight is 273 g/mol. The molecule has 1 aliphatic rings. The third kappa shape index (κ3) is 4.68. The van der Waals surface area contributed by atoms with Gasteiger partial charge in [0.1, 0.15) is 5.75 Å². The third-order valence-corrected chi connectivity index (χ3v) is 4.00. The SMILES string of the molecule is CCCOc1ccc(/C=C/C2CC(CC)CCN2)cc1. The maximum atomic E-state index is 5.60. The number of hydrogen-bond donors (Lipinski definition) is 1. The predicted molar refractivity (Wildman–Crippen MR) is 86.1 cm³/mol. The number of piperidine rings is 1. The summed E-state index contributed by atoms with van der Waals surface area (Å²) in [6.45, 7) is 6.36. The maximum absolute atomic E-state index is 5.60. The van der Waals surface area contributed by atoms with Gasteiger partial charge in [0.15, 0.2) is 0 Å². The van der Waals surface area contributed by atoms with Gasteiger partial charge in [-0.3, -0.25) is 0 Å². The van der Waals surface area contributed by atoms with Crippen molar-refractivity contribution in [2.75, 3.05) is 13.2 Å². The Bertz CT molecular complexity index is 410. The Labute approximate surface area is 123 Å². The van der Waals surface area contributed by atoms with E-state index in [1.165, 1.54) is 24.8 Å². The summed E-state index contributed by atoms with van der Waals surface area (Å²) in [6, 6.07) is 8.89. The highest BCUT2D eigenvalue weighted by Crippen LogP contribution is 2.21. The Morgan fingerprint density at radius 2 is 2.05 bits per heavy atom. The van der Waals surface area contributed by atoms with Gasteiger partial charge in [-0.25, -0.2) is 0 Å². The summed E-state index contributed by atoms with van der Waals surface area (Å²) in [5.74, 6) is 1.85. The molecule has 0 radical (unpaired) electrons. The monoisotopic (exact) mass is 273 g/mol. The van der Waals surface area contributed by atoms with E-state index in [-0.39, 0.29) is 0 Å². The van der Waals surface area contributed by atoms with Crippen LogP contribution >= 0.6 is 0 Å². The van der Waals surface area contributed by atoms with Crippen molar-refractivity contribution in [1.82, 2.24) is 5.32 Å². The van der Waals surface area contributed by atoms with Gasteiger partial charge in [-0.15, -0.1) is 0 Å². The van der Waals surface area contributed by atoms with Gasteiger partial charge in [-0.2, -0.15) is 0 Å². The number of hydrogen-bond acceptors (Lipinski definition) is 2. The fraction of sp³-hybridized carbons (Fsp3) is 0.556. The Kier molecular flexibility index (Phi) is 6.13. The van der Waals surface area contributed by atoms with Crippen molar-refractivity contribution in [2.45, 2.75) is 45.6 Å². The van der Waals surface area contributed by atoms with E-state index in [4.69, 9.17) is 4.74 Å². The normalized spacial score (nSPS) is 23.1. The van der Waals surface area contributed by atoms with Gasteiger partial charge in [0, 0.05) is 6.04 Å². The lowest BCUT2D eigenvalue weighted by Gasteiger charge is -2.27. The van der Waals surface area contributed by atoms with Crippen LogP contribution in [0, 0.1) is 5.92 Å². The first-order chi connectivity index (χ1) is 9.81. The molecule has 1 aromatic rings. The largest absolute Gasteiger partial charge is 0.494 e. The molecule has 0 aliphatic carbocycles. The second-order valence-electron chi connectivity index (χ2n) is 5.64. The number of ether oxygens (including phenoxy) is 1. The van der Waals surface area contributed by atoms with Crippen molar-refractivity contribution >= 4 is 6.08 Å². The van der Waals surface area contributed by atoms with Crippen LogP contribution in [-0.2, 0) is 0 Å². The summed E-state index contributed by atoms with van der Waals surface area (Å²) in [7, 11) is 0. The zero-order valence-electron chi connectivity index (χ0n) is 12.8. The molecule has 1 aliphatic heterocycles. The van der Waals surface area contributed by atoms with Crippen LogP contribution in [0.2, 0.25) is 0 Å². The minimum atomic E-state index is 0.532. The lowest BCUT2D eigenvalue weighted by molar-refractivity contribution is 0.317. The lowest BCUT2D eigenvalue weighted by Crippen LogP contribution is -2.36. The molecular weight excluding hydrogens is 246 g/mol.